The molecule has 1 aliphatic rings. The largest absolute Gasteiger partial charge is 0.389 e. The van der Waals surface area contributed by atoms with Crippen LogP contribution in [0.15, 0.2) is 0 Å². The van der Waals surface area contributed by atoms with Gasteiger partial charge in [-0.3, -0.25) is 0 Å². The highest BCUT2D eigenvalue weighted by Gasteiger charge is 2.26. The van der Waals surface area contributed by atoms with Gasteiger partial charge in [-0.05, 0) is 38.8 Å². The van der Waals surface area contributed by atoms with Gasteiger partial charge in [0.05, 0.1) is 0 Å². The first-order chi connectivity index (χ1) is 8.01. The zero-order valence-corrected chi connectivity index (χ0v) is 10.5. The molecule has 2 nitrogen and oxygen atoms in total. The third kappa shape index (κ3) is 6.88. The van der Waals surface area contributed by atoms with Crippen molar-refractivity contribution in [3.63, 3.8) is 0 Å². The van der Waals surface area contributed by atoms with Gasteiger partial charge in [-0.1, -0.05) is 6.92 Å². The van der Waals surface area contributed by atoms with Crippen LogP contribution in [0.1, 0.15) is 39.0 Å². The molecule has 0 aromatic rings. The lowest BCUT2D eigenvalue weighted by Crippen LogP contribution is -2.30. The Bertz CT molecular complexity index is 206. The van der Waals surface area contributed by atoms with Crippen LogP contribution >= 0.6 is 0 Å². The van der Waals surface area contributed by atoms with Crippen molar-refractivity contribution >= 4 is 0 Å². The molecular formula is C12H23F3N2. The summed E-state index contributed by atoms with van der Waals surface area (Å²) in [7, 11) is 0. The summed E-state index contributed by atoms with van der Waals surface area (Å²) >= 11 is 0. The highest BCUT2D eigenvalue weighted by molar-refractivity contribution is 4.73. The zero-order chi connectivity index (χ0) is 12.7. The van der Waals surface area contributed by atoms with Crippen LogP contribution in [0.4, 0.5) is 13.2 Å². The van der Waals surface area contributed by atoms with Crippen molar-refractivity contribution in [3.05, 3.63) is 0 Å². The van der Waals surface area contributed by atoms with Crippen molar-refractivity contribution in [1.29, 1.82) is 0 Å². The highest BCUT2D eigenvalue weighted by Crippen LogP contribution is 2.22. The molecule has 0 radical (unpaired) electrons. The molecule has 1 N–H and O–H groups in total. The number of halogens is 3. The van der Waals surface area contributed by atoms with Crippen LogP contribution in [0.3, 0.4) is 0 Å². The molecule has 5 heteroatoms. The molecule has 0 bridgehead atoms. The molecule has 1 fully saturated rings. The Labute approximate surface area is 102 Å². The van der Waals surface area contributed by atoms with Gasteiger partial charge in [-0.25, -0.2) is 0 Å². The lowest BCUT2D eigenvalue weighted by Gasteiger charge is -2.19. The smallest absolute Gasteiger partial charge is 0.313 e. The number of unbranched alkanes of at least 4 members (excludes halogenated alkanes) is 1. The minimum atomic E-state index is -3.99. The van der Waals surface area contributed by atoms with E-state index in [0.717, 1.165) is 39.0 Å². The summed E-state index contributed by atoms with van der Waals surface area (Å²) in [4.78, 5) is 2.28. The van der Waals surface area contributed by atoms with Crippen molar-refractivity contribution in [2.45, 2.75) is 51.2 Å². The van der Waals surface area contributed by atoms with E-state index in [-0.39, 0.29) is 6.42 Å². The normalized spacial score (nSPS) is 23.6. The van der Waals surface area contributed by atoms with E-state index in [1.165, 1.54) is 0 Å². The Hall–Kier alpha value is -0.290. The number of nitrogens with one attached hydrogen (secondary N) is 1. The fourth-order valence-electron chi connectivity index (χ4n) is 2.21. The van der Waals surface area contributed by atoms with Crippen molar-refractivity contribution in [3.8, 4) is 0 Å². The van der Waals surface area contributed by atoms with E-state index < -0.39 is 12.6 Å². The van der Waals surface area contributed by atoms with E-state index >= 15 is 0 Å². The molecule has 0 spiro atoms. The average molecular weight is 252 g/mol. The molecule has 0 aliphatic carbocycles. The first kappa shape index (κ1) is 14.8. The first-order valence-electron chi connectivity index (χ1n) is 6.54. The number of hydrogen-bond donors (Lipinski definition) is 1. The van der Waals surface area contributed by atoms with Gasteiger partial charge in [0, 0.05) is 25.6 Å². The molecule has 1 rings (SSSR count). The van der Waals surface area contributed by atoms with Crippen LogP contribution < -0.4 is 5.32 Å². The monoisotopic (exact) mass is 252 g/mol. The Balaban J connectivity index is 2.11. The van der Waals surface area contributed by atoms with Gasteiger partial charge in [0.2, 0.25) is 0 Å². The number of hydrogen-bond acceptors (Lipinski definition) is 2. The quantitative estimate of drug-likeness (QED) is 0.757. The van der Waals surface area contributed by atoms with Gasteiger partial charge >= 0.3 is 6.18 Å². The molecule has 0 aromatic carbocycles. The topological polar surface area (TPSA) is 15.3 Å². The Morgan fingerprint density at radius 2 is 2.00 bits per heavy atom. The third-order valence-electron chi connectivity index (χ3n) is 3.33. The van der Waals surface area contributed by atoms with E-state index in [1.54, 1.807) is 0 Å². The minimum Gasteiger partial charge on any atom is -0.313 e. The maximum atomic E-state index is 12.0. The summed E-state index contributed by atoms with van der Waals surface area (Å²) in [5, 5.41) is 3.45. The lowest BCUT2D eigenvalue weighted by atomic mass is 10.1. The van der Waals surface area contributed by atoms with E-state index in [0.29, 0.717) is 12.5 Å². The van der Waals surface area contributed by atoms with E-state index in [2.05, 4.69) is 17.1 Å². The standard InChI is InChI=1S/C12H23F3N2/c1-2-11-5-9-17(10-7-16-11)8-4-3-6-12(13,14)15/h11,16H,2-10H2,1H3. The molecule has 0 amide bonds. The highest BCUT2D eigenvalue weighted by atomic mass is 19.4. The van der Waals surface area contributed by atoms with E-state index in [1.807, 2.05) is 0 Å². The molecule has 102 valence electrons. The second-order valence-corrected chi connectivity index (χ2v) is 4.76. The molecule has 17 heavy (non-hydrogen) atoms. The van der Waals surface area contributed by atoms with Crippen molar-refractivity contribution in [1.82, 2.24) is 10.2 Å². The van der Waals surface area contributed by atoms with Crippen LogP contribution in [0, 0.1) is 0 Å². The van der Waals surface area contributed by atoms with Gasteiger partial charge in [0.1, 0.15) is 0 Å². The fraction of sp³-hybridized carbons (Fsp3) is 1.00. The maximum Gasteiger partial charge on any atom is 0.389 e. The number of nitrogens with zero attached hydrogens (tertiary/aromatic N) is 1. The summed E-state index contributed by atoms with van der Waals surface area (Å²) in [5.74, 6) is 0. The predicted octanol–water partition coefficient (Wildman–Crippen LogP) is 2.79. The zero-order valence-electron chi connectivity index (χ0n) is 10.5. The third-order valence-corrected chi connectivity index (χ3v) is 3.33. The molecule has 1 atom stereocenters. The SMILES string of the molecule is CCC1CCN(CCCCC(F)(F)F)CCN1. The van der Waals surface area contributed by atoms with Crippen LogP contribution in [0.2, 0.25) is 0 Å². The van der Waals surface area contributed by atoms with Gasteiger partial charge < -0.3 is 10.2 Å². The second-order valence-electron chi connectivity index (χ2n) is 4.76. The summed E-state index contributed by atoms with van der Waals surface area (Å²) in [6.45, 7) is 5.89. The minimum absolute atomic E-state index is 0.255. The Kier molecular flexibility index (Phi) is 6.27. The predicted molar refractivity (Wildman–Crippen MR) is 63.0 cm³/mol. The molecule has 1 saturated heterocycles. The van der Waals surface area contributed by atoms with Crippen LogP contribution in [0.5, 0.6) is 0 Å². The summed E-state index contributed by atoms with van der Waals surface area (Å²) in [6.07, 6.45) is -1.50. The van der Waals surface area contributed by atoms with Crippen LogP contribution in [-0.2, 0) is 0 Å². The average Bonchev–Trinajstić information content (AvgIpc) is 2.48. The summed E-state index contributed by atoms with van der Waals surface area (Å²) in [5.41, 5.74) is 0. The molecule has 1 aliphatic heterocycles. The van der Waals surface area contributed by atoms with Gasteiger partial charge in [0.25, 0.3) is 0 Å². The van der Waals surface area contributed by atoms with Crippen LogP contribution in [0.25, 0.3) is 0 Å². The Morgan fingerprint density at radius 3 is 2.65 bits per heavy atom. The molecule has 1 unspecified atom stereocenters. The van der Waals surface area contributed by atoms with Crippen molar-refractivity contribution < 1.29 is 13.2 Å². The maximum absolute atomic E-state index is 12.0. The second kappa shape index (κ2) is 7.21. The molecular weight excluding hydrogens is 229 g/mol. The van der Waals surface area contributed by atoms with E-state index in [9.17, 15) is 13.2 Å². The molecule has 0 saturated carbocycles. The van der Waals surface area contributed by atoms with Crippen molar-refractivity contribution in [2.24, 2.45) is 0 Å². The van der Waals surface area contributed by atoms with Crippen molar-refractivity contribution in [2.75, 3.05) is 26.2 Å². The summed E-state index contributed by atoms with van der Waals surface area (Å²) in [6, 6.07) is 0.579. The lowest BCUT2D eigenvalue weighted by molar-refractivity contribution is -0.135. The number of rotatable bonds is 5. The number of alkyl halides is 3. The van der Waals surface area contributed by atoms with Gasteiger partial charge in [-0.15, -0.1) is 0 Å². The molecule has 0 aromatic heterocycles. The van der Waals surface area contributed by atoms with Gasteiger partial charge in [-0.2, -0.15) is 13.2 Å². The molecule has 1 heterocycles. The summed E-state index contributed by atoms with van der Waals surface area (Å²) < 4.78 is 35.9. The van der Waals surface area contributed by atoms with Gasteiger partial charge in [0.15, 0.2) is 0 Å². The van der Waals surface area contributed by atoms with Crippen LogP contribution in [-0.4, -0.2) is 43.3 Å². The Morgan fingerprint density at radius 1 is 1.24 bits per heavy atom. The first-order valence-corrected chi connectivity index (χ1v) is 6.54. The van der Waals surface area contributed by atoms with E-state index in [4.69, 9.17) is 0 Å². The fourth-order valence-corrected chi connectivity index (χ4v) is 2.21.